The molecule has 0 radical (unpaired) electrons. The molecule has 0 aromatic heterocycles. The van der Waals surface area contributed by atoms with Crippen LogP contribution in [-0.4, -0.2) is 33.0 Å². The fourth-order valence-corrected chi connectivity index (χ4v) is 12.4. The minimum absolute atomic E-state index is 0.0470. The van der Waals surface area contributed by atoms with Gasteiger partial charge in [-0.3, -0.25) is 14.4 Å². The Kier molecular flexibility index (Phi) is 13.2. The number of aromatic hydroxyl groups is 3. The zero-order chi connectivity index (χ0) is 54.8. The summed E-state index contributed by atoms with van der Waals surface area (Å²) in [5.74, 6) is -5.13. The first-order chi connectivity index (χ1) is 36.8. The Labute approximate surface area is 441 Å². The van der Waals surface area contributed by atoms with Gasteiger partial charge in [-0.15, -0.1) is 0 Å². The number of carbonyl (C=O) groups excluding carboxylic acids is 3. The molecule has 4 aliphatic rings. The Morgan fingerprint density at radius 1 is 0.468 bits per heavy atom. The molecule has 3 atom stereocenters. The van der Waals surface area contributed by atoms with Gasteiger partial charge in [0.2, 0.25) is 17.7 Å². The second-order valence-electron chi connectivity index (χ2n) is 21.1. The lowest BCUT2D eigenvalue weighted by molar-refractivity contribution is -0.123. The summed E-state index contributed by atoms with van der Waals surface area (Å²) < 4.78 is 70.9. The average molecular weight is 1040 g/mol. The second kappa shape index (κ2) is 19.6. The van der Waals surface area contributed by atoms with Crippen molar-refractivity contribution >= 4 is 45.6 Å². The molecule has 3 heterocycles. The summed E-state index contributed by atoms with van der Waals surface area (Å²) in [5.41, 5.74) is 0.659. The summed E-state index contributed by atoms with van der Waals surface area (Å²) in [6.07, 6.45) is 5.24. The number of benzene rings is 8. The average Bonchev–Trinajstić information content (AvgIpc) is 4.15. The molecule has 3 aliphatic heterocycles. The van der Waals surface area contributed by atoms with Gasteiger partial charge < -0.3 is 31.3 Å². The van der Waals surface area contributed by atoms with E-state index in [1.165, 1.54) is 42.8 Å². The molecule has 3 unspecified atom stereocenters. The third-order valence-electron chi connectivity index (χ3n) is 16.0. The van der Waals surface area contributed by atoms with Crippen LogP contribution in [0.4, 0.5) is 39.0 Å². The fraction of sp³-hybridized carbons (Fsp3) is 0.222. The minimum atomic E-state index is -1.39. The third kappa shape index (κ3) is 8.14. The normalized spacial score (nSPS) is 20.4. The SMILES string of the molecule is CC(C)(C)C1(c2ccc(O)cc2)C(=O)Nc2c1ccc(F)c2F.Cc1ccc2c(c1F)NC(=O)C2(c1ccc(O)cc1)C1CCCCC1.O=C1Nc2c(ccc(F)c2F)C1(c1ccc(O)cc1)c1cccc2ccccc12. The van der Waals surface area contributed by atoms with E-state index in [9.17, 15) is 51.7 Å². The lowest BCUT2D eigenvalue weighted by Gasteiger charge is -2.40. The van der Waals surface area contributed by atoms with E-state index in [1.807, 2.05) is 69.3 Å². The maximum Gasteiger partial charge on any atom is 0.244 e. The molecule has 3 amide bonds. The highest BCUT2D eigenvalue weighted by Gasteiger charge is 2.58. The number of aryl methyl sites for hydroxylation is 1. The Balaban J connectivity index is 0.000000132. The lowest BCUT2D eigenvalue weighted by Crippen LogP contribution is -2.47. The fourth-order valence-electron chi connectivity index (χ4n) is 12.4. The number of phenols is 3. The zero-order valence-corrected chi connectivity index (χ0v) is 42.5. The highest BCUT2D eigenvalue weighted by atomic mass is 19.2. The van der Waals surface area contributed by atoms with Gasteiger partial charge in [0.15, 0.2) is 23.3 Å². The van der Waals surface area contributed by atoms with Crippen LogP contribution in [0.1, 0.15) is 97.4 Å². The number of anilines is 3. The van der Waals surface area contributed by atoms with E-state index in [0.717, 1.165) is 59.7 Å². The number of nitrogens with one attached hydrogen (secondary N) is 3. The highest BCUT2D eigenvalue weighted by molar-refractivity contribution is 6.14. The van der Waals surface area contributed by atoms with Crippen LogP contribution in [0.3, 0.4) is 0 Å². The van der Waals surface area contributed by atoms with Crippen LogP contribution in [0, 0.1) is 47.3 Å². The predicted octanol–water partition coefficient (Wildman–Crippen LogP) is 13.7. The summed E-state index contributed by atoms with van der Waals surface area (Å²) >= 11 is 0. The molecule has 77 heavy (non-hydrogen) atoms. The van der Waals surface area contributed by atoms with Gasteiger partial charge in [-0.25, -0.2) is 22.0 Å². The summed E-state index contributed by atoms with van der Waals surface area (Å²) in [6, 6.07) is 41.1. The molecule has 14 heteroatoms. The van der Waals surface area contributed by atoms with Gasteiger partial charge in [0.1, 0.15) is 39.3 Å². The predicted molar refractivity (Wildman–Crippen MR) is 285 cm³/mol. The Morgan fingerprint density at radius 2 is 0.948 bits per heavy atom. The van der Waals surface area contributed by atoms with E-state index in [-0.39, 0.29) is 46.3 Å². The van der Waals surface area contributed by atoms with Crippen molar-refractivity contribution < 1.29 is 51.7 Å². The summed E-state index contributed by atoms with van der Waals surface area (Å²) in [7, 11) is 0. The quantitative estimate of drug-likeness (QED) is 0.0946. The molecule has 0 saturated heterocycles. The minimum Gasteiger partial charge on any atom is -0.508 e. The van der Waals surface area contributed by atoms with Gasteiger partial charge >= 0.3 is 0 Å². The molecule has 1 saturated carbocycles. The largest absolute Gasteiger partial charge is 0.508 e. The second-order valence-corrected chi connectivity index (χ2v) is 21.1. The van der Waals surface area contributed by atoms with E-state index < -0.39 is 56.7 Å². The van der Waals surface area contributed by atoms with E-state index in [0.29, 0.717) is 39.1 Å². The number of phenolic OH excluding ortho intramolecular Hbond substituents is 3. The molecule has 1 aliphatic carbocycles. The van der Waals surface area contributed by atoms with E-state index in [2.05, 4.69) is 16.0 Å². The van der Waals surface area contributed by atoms with Crippen LogP contribution in [-0.2, 0) is 30.6 Å². The van der Waals surface area contributed by atoms with Crippen molar-refractivity contribution in [3.05, 3.63) is 225 Å². The first-order valence-corrected chi connectivity index (χ1v) is 25.4. The standard InChI is InChI=1S/C24H15F2NO2.C21H22FNO2.C18H17F2NO2/c25-20-13-12-19-22(21(20)26)27-23(29)24(19,15-8-10-16(28)11-9-15)18-7-3-5-14-4-1-2-6-17(14)18;1-13-7-12-17-19(18(13)22)23-20(25)21(17,14-5-3-2-4-6-14)15-8-10-16(24)11-9-15;1-17(2,3)18(10-4-6-11(22)7-5-10)12-8-9-13(19)14(20)15(12)21-16(18)23/h1-13,28H,(H,27,29);7-12,14,24H,2-6H2,1H3,(H,23,25);4-9,22H,1-3H3,(H,21,23). The highest BCUT2D eigenvalue weighted by Crippen LogP contribution is 2.56. The van der Waals surface area contributed by atoms with Crippen LogP contribution in [0.25, 0.3) is 10.8 Å². The Bertz CT molecular complexity index is 3650. The molecule has 392 valence electrons. The van der Waals surface area contributed by atoms with E-state index >= 15 is 0 Å². The van der Waals surface area contributed by atoms with Crippen LogP contribution in [0.15, 0.2) is 152 Å². The Hall–Kier alpha value is -8.52. The molecule has 0 bridgehead atoms. The van der Waals surface area contributed by atoms with Crippen molar-refractivity contribution in [1.82, 2.24) is 0 Å². The van der Waals surface area contributed by atoms with Crippen LogP contribution in [0.2, 0.25) is 0 Å². The van der Waals surface area contributed by atoms with E-state index in [4.69, 9.17) is 0 Å². The molecule has 6 N–H and O–H groups in total. The number of rotatable bonds is 5. The van der Waals surface area contributed by atoms with Gasteiger partial charge in [-0.1, -0.05) is 143 Å². The monoisotopic (exact) mass is 1040 g/mol. The van der Waals surface area contributed by atoms with Crippen molar-refractivity contribution in [2.75, 3.05) is 16.0 Å². The van der Waals surface area contributed by atoms with Gasteiger partial charge in [0.25, 0.3) is 0 Å². The number of fused-ring (bicyclic) bond motifs is 4. The number of halogens is 5. The van der Waals surface area contributed by atoms with Gasteiger partial charge in [-0.05, 0) is 129 Å². The van der Waals surface area contributed by atoms with Crippen molar-refractivity contribution in [2.24, 2.45) is 11.3 Å². The zero-order valence-electron chi connectivity index (χ0n) is 42.5. The molecule has 1 fully saturated rings. The van der Waals surface area contributed by atoms with Crippen molar-refractivity contribution in [3.63, 3.8) is 0 Å². The first-order valence-electron chi connectivity index (χ1n) is 25.4. The van der Waals surface area contributed by atoms with Crippen molar-refractivity contribution in [3.8, 4) is 17.2 Å². The molecule has 12 rings (SSSR count). The summed E-state index contributed by atoms with van der Waals surface area (Å²) in [6.45, 7) is 7.32. The number of carbonyl (C=O) groups is 3. The summed E-state index contributed by atoms with van der Waals surface area (Å²) in [5, 5.41) is 38.6. The smallest absolute Gasteiger partial charge is 0.244 e. The first kappa shape index (κ1) is 51.9. The maximum absolute atomic E-state index is 14.7. The summed E-state index contributed by atoms with van der Waals surface area (Å²) in [4.78, 5) is 39.6. The van der Waals surface area contributed by atoms with Crippen molar-refractivity contribution in [2.45, 2.75) is 76.0 Å². The lowest BCUT2D eigenvalue weighted by atomic mass is 9.59. The molecule has 9 nitrogen and oxygen atoms in total. The van der Waals surface area contributed by atoms with Crippen molar-refractivity contribution in [1.29, 1.82) is 0 Å². The van der Waals surface area contributed by atoms with Gasteiger partial charge in [0, 0.05) is 5.56 Å². The molecular formula is C63H54F5N3O6. The number of hydrogen-bond acceptors (Lipinski definition) is 6. The van der Waals surface area contributed by atoms with Gasteiger partial charge in [0.05, 0.1) is 17.1 Å². The number of hydrogen-bond donors (Lipinski definition) is 6. The van der Waals surface area contributed by atoms with Crippen LogP contribution in [0.5, 0.6) is 17.2 Å². The number of amides is 3. The molecular weight excluding hydrogens is 990 g/mol. The van der Waals surface area contributed by atoms with Crippen LogP contribution >= 0.6 is 0 Å². The molecule has 8 aromatic carbocycles. The maximum atomic E-state index is 14.7. The molecule has 8 aromatic rings. The topological polar surface area (TPSA) is 148 Å². The van der Waals surface area contributed by atoms with E-state index in [1.54, 1.807) is 61.5 Å². The molecule has 0 spiro atoms. The Morgan fingerprint density at radius 3 is 1.55 bits per heavy atom. The van der Waals surface area contributed by atoms with Gasteiger partial charge in [-0.2, -0.15) is 0 Å². The third-order valence-corrected chi connectivity index (χ3v) is 16.0. The van der Waals surface area contributed by atoms with Crippen LogP contribution < -0.4 is 16.0 Å².